The first-order chi connectivity index (χ1) is 20.5. The number of carbonyl (C=O) groups is 2. The van der Waals surface area contributed by atoms with Crippen molar-refractivity contribution in [2.75, 3.05) is 0 Å². The van der Waals surface area contributed by atoms with Gasteiger partial charge in [-0.1, -0.05) is 35.3 Å². The van der Waals surface area contributed by atoms with Crippen LogP contribution in [0.3, 0.4) is 0 Å². The Balaban J connectivity index is 1.31. The fourth-order valence-corrected chi connectivity index (χ4v) is 5.43. The highest BCUT2D eigenvalue weighted by Crippen LogP contribution is 2.36. The van der Waals surface area contributed by atoms with Crippen LogP contribution in [0.15, 0.2) is 65.8 Å². The van der Waals surface area contributed by atoms with Crippen LogP contribution >= 0.6 is 23.2 Å². The Morgan fingerprint density at radius 1 is 1.07 bits per heavy atom. The van der Waals surface area contributed by atoms with Crippen molar-refractivity contribution in [3.63, 3.8) is 0 Å². The predicted molar refractivity (Wildman–Crippen MR) is 146 cm³/mol. The summed E-state index contributed by atoms with van der Waals surface area (Å²) in [4.78, 5) is 44.3. The summed E-state index contributed by atoms with van der Waals surface area (Å²) in [6, 6.07) is 12.1. The van der Waals surface area contributed by atoms with E-state index < -0.39 is 29.7 Å². The molecule has 16 heteroatoms. The standard InChI is InChI=1S/C27H16Cl2F3N7O4/c28-14-4-6-20(38-12-34-36-37-38)18(10-14)13-8-15-5-7-21(39(15)22(40)9-13)24-33-11-19(35-24)16-2-1-3-17(23(16)29)25(41)43-26(42)27(30,31)32/h1-4,6,8-12,21H,5,7H2,(H,33,35)/t21-/m0/s1. The number of rotatable bonds is 5. The molecule has 0 saturated carbocycles. The third kappa shape index (κ3) is 5.30. The van der Waals surface area contributed by atoms with Crippen LogP contribution < -0.4 is 5.56 Å². The van der Waals surface area contributed by atoms with Crippen molar-refractivity contribution in [2.45, 2.75) is 25.1 Å². The largest absolute Gasteiger partial charge is 0.491 e. The van der Waals surface area contributed by atoms with E-state index in [1.165, 1.54) is 35.4 Å². The Hall–Kier alpha value is -4.82. The average molecular weight is 630 g/mol. The molecule has 11 nitrogen and oxygen atoms in total. The minimum Gasteiger partial charge on any atom is -0.383 e. The highest BCUT2D eigenvalue weighted by molar-refractivity contribution is 6.36. The number of ether oxygens (including phenoxy) is 1. The highest BCUT2D eigenvalue weighted by Gasteiger charge is 2.43. The lowest BCUT2D eigenvalue weighted by molar-refractivity contribution is -0.193. The number of benzene rings is 2. The van der Waals surface area contributed by atoms with Gasteiger partial charge in [-0.3, -0.25) is 4.79 Å². The Kier molecular flexibility index (Phi) is 7.10. The lowest BCUT2D eigenvalue weighted by atomic mass is 10.0. The van der Waals surface area contributed by atoms with E-state index in [1.54, 1.807) is 22.8 Å². The molecular weight excluding hydrogens is 614 g/mol. The van der Waals surface area contributed by atoms with Crippen molar-refractivity contribution in [1.82, 2.24) is 34.7 Å². The molecule has 0 saturated heterocycles. The molecule has 0 unspecified atom stereocenters. The topological polar surface area (TPSA) is 138 Å². The van der Waals surface area contributed by atoms with Crippen molar-refractivity contribution in [3.8, 4) is 28.1 Å². The first-order valence-electron chi connectivity index (χ1n) is 12.5. The van der Waals surface area contributed by atoms with E-state index in [1.807, 2.05) is 6.07 Å². The lowest BCUT2D eigenvalue weighted by Crippen LogP contribution is -2.28. The molecular formula is C27H16Cl2F3N7O4. The summed E-state index contributed by atoms with van der Waals surface area (Å²) in [6.45, 7) is 0. The normalized spacial score (nSPS) is 14.5. The van der Waals surface area contributed by atoms with Crippen LogP contribution in [0.4, 0.5) is 13.2 Å². The molecule has 1 atom stereocenters. The number of nitrogens with zero attached hydrogens (tertiary/aromatic N) is 6. The number of halogens is 5. The summed E-state index contributed by atoms with van der Waals surface area (Å²) < 4.78 is 44.6. The highest BCUT2D eigenvalue weighted by atomic mass is 35.5. The fourth-order valence-electron chi connectivity index (χ4n) is 4.96. The molecule has 0 radical (unpaired) electrons. The van der Waals surface area contributed by atoms with E-state index >= 15 is 0 Å². The van der Waals surface area contributed by atoms with E-state index in [0.29, 0.717) is 46.2 Å². The van der Waals surface area contributed by atoms with Gasteiger partial charge in [0.25, 0.3) is 5.56 Å². The van der Waals surface area contributed by atoms with E-state index in [9.17, 15) is 27.6 Å². The van der Waals surface area contributed by atoms with Crippen LogP contribution in [-0.4, -0.2) is 52.9 Å². The molecule has 0 spiro atoms. The van der Waals surface area contributed by atoms with Gasteiger partial charge in [-0.2, -0.15) is 17.9 Å². The number of pyridine rings is 1. The Bertz CT molecular complexity index is 1950. The Labute approximate surface area is 248 Å². The second kappa shape index (κ2) is 10.8. The molecule has 0 bridgehead atoms. The minimum absolute atomic E-state index is 0.228. The number of alkyl halides is 3. The number of aryl methyl sites for hydroxylation is 1. The lowest BCUT2D eigenvalue weighted by Gasteiger charge is -2.15. The van der Waals surface area contributed by atoms with E-state index in [-0.39, 0.29) is 16.1 Å². The fraction of sp³-hybridized carbons (Fsp3) is 0.148. The zero-order valence-corrected chi connectivity index (χ0v) is 23.0. The van der Waals surface area contributed by atoms with Crippen LogP contribution in [0.2, 0.25) is 10.0 Å². The average Bonchev–Trinajstić information content (AvgIpc) is 3.73. The van der Waals surface area contributed by atoms with Gasteiger partial charge in [0.15, 0.2) is 0 Å². The number of nitrogens with one attached hydrogen (secondary N) is 1. The molecule has 1 N–H and O–H groups in total. The molecule has 1 aliphatic heterocycles. The number of hydrogen-bond acceptors (Lipinski definition) is 8. The number of imidazole rings is 1. The summed E-state index contributed by atoms with van der Waals surface area (Å²) in [7, 11) is 0. The number of H-pyrrole nitrogens is 1. The third-order valence-corrected chi connectivity index (χ3v) is 7.48. The maximum absolute atomic E-state index is 13.4. The monoisotopic (exact) mass is 629 g/mol. The number of esters is 2. The molecule has 0 amide bonds. The first kappa shape index (κ1) is 28.3. The maximum Gasteiger partial charge on any atom is 0.491 e. The summed E-state index contributed by atoms with van der Waals surface area (Å²) >= 11 is 12.6. The zero-order valence-electron chi connectivity index (χ0n) is 21.5. The van der Waals surface area contributed by atoms with E-state index in [0.717, 1.165) is 11.8 Å². The molecule has 0 aliphatic carbocycles. The second-order valence-electron chi connectivity index (χ2n) is 9.44. The maximum atomic E-state index is 13.4. The smallest absolute Gasteiger partial charge is 0.383 e. The van der Waals surface area contributed by atoms with Crippen LogP contribution in [0.25, 0.3) is 28.1 Å². The molecule has 1 aliphatic rings. The summed E-state index contributed by atoms with van der Waals surface area (Å²) in [5, 5.41) is 11.5. The van der Waals surface area contributed by atoms with Crippen LogP contribution in [0, 0.1) is 0 Å². The molecule has 2 aromatic carbocycles. The van der Waals surface area contributed by atoms with Gasteiger partial charge in [-0.05, 0) is 59.2 Å². The molecule has 5 aromatic rings. The van der Waals surface area contributed by atoms with Crippen LogP contribution in [0.5, 0.6) is 0 Å². The molecule has 3 aromatic heterocycles. The van der Waals surface area contributed by atoms with Gasteiger partial charge < -0.3 is 14.3 Å². The number of fused-ring (bicyclic) bond motifs is 1. The molecule has 0 fully saturated rings. The molecule has 218 valence electrons. The first-order valence-corrected chi connectivity index (χ1v) is 13.2. The van der Waals surface area contributed by atoms with Crippen molar-refractivity contribution < 1.29 is 27.5 Å². The van der Waals surface area contributed by atoms with Crippen molar-refractivity contribution >= 4 is 35.1 Å². The zero-order chi connectivity index (χ0) is 30.5. The van der Waals surface area contributed by atoms with Gasteiger partial charge in [0.2, 0.25) is 0 Å². The second-order valence-corrected chi connectivity index (χ2v) is 10.3. The molecule has 6 rings (SSSR count). The predicted octanol–water partition coefficient (Wildman–Crippen LogP) is 4.97. The Morgan fingerprint density at radius 2 is 1.88 bits per heavy atom. The Morgan fingerprint density at radius 3 is 2.63 bits per heavy atom. The molecule has 4 heterocycles. The quantitative estimate of drug-likeness (QED) is 0.212. The number of tetrazole rings is 1. The van der Waals surface area contributed by atoms with Crippen molar-refractivity contribution in [2.24, 2.45) is 0 Å². The third-order valence-electron chi connectivity index (χ3n) is 6.84. The summed E-state index contributed by atoms with van der Waals surface area (Å²) in [5.74, 6) is -3.78. The van der Waals surface area contributed by atoms with Gasteiger partial charge in [-0.15, -0.1) is 5.10 Å². The van der Waals surface area contributed by atoms with E-state index in [2.05, 4.69) is 30.2 Å². The van der Waals surface area contributed by atoms with Crippen LogP contribution in [-0.2, 0) is 16.0 Å². The van der Waals surface area contributed by atoms with Gasteiger partial charge in [-0.25, -0.2) is 14.6 Å². The van der Waals surface area contributed by atoms with Gasteiger partial charge >= 0.3 is 18.1 Å². The summed E-state index contributed by atoms with van der Waals surface area (Å²) in [6.07, 6.45) is -1.39. The van der Waals surface area contributed by atoms with Crippen LogP contribution in [0.1, 0.15) is 34.3 Å². The molecule has 43 heavy (non-hydrogen) atoms. The van der Waals surface area contributed by atoms with Crippen molar-refractivity contribution in [1.29, 1.82) is 0 Å². The van der Waals surface area contributed by atoms with Crippen molar-refractivity contribution in [3.05, 3.63) is 98.5 Å². The van der Waals surface area contributed by atoms with Gasteiger partial charge in [0.1, 0.15) is 12.2 Å². The van der Waals surface area contributed by atoms with Gasteiger partial charge in [0.05, 0.1) is 34.2 Å². The number of carbonyl (C=O) groups excluding carboxylic acids is 2. The van der Waals surface area contributed by atoms with E-state index in [4.69, 9.17) is 23.2 Å². The minimum atomic E-state index is -5.35. The number of aromatic amines is 1. The number of aromatic nitrogens is 7. The number of hydrogen-bond donors (Lipinski definition) is 1. The SMILES string of the molecule is O=C(OC(=O)C(F)(F)F)c1cccc(-c2cnc([C@@H]3CCc4cc(-c5cc(Cl)ccc5-n5cnnn5)cc(=O)n43)[nH]2)c1Cl. The van der Waals surface area contributed by atoms with Gasteiger partial charge in [0, 0.05) is 27.9 Å². The summed E-state index contributed by atoms with van der Waals surface area (Å²) in [5.41, 5.74) is 2.52.